The number of nitrogens with zero attached hydrogens (tertiary/aromatic N) is 3. The minimum atomic E-state index is -1.31. The molecule has 0 amide bonds. The Morgan fingerprint density at radius 1 is 1.29 bits per heavy atom. The van der Waals surface area contributed by atoms with Crippen molar-refractivity contribution in [3.05, 3.63) is 38.9 Å². The molecule has 6 nitrogen and oxygen atoms in total. The third-order valence-corrected chi connectivity index (χ3v) is 6.85. The Morgan fingerprint density at radius 3 is 2.68 bits per heavy atom. The van der Waals surface area contributed by atoms with E-state index in [0.29, 0.717) is 29.7 Å². The molecule has 2 unspecified atom stereocenters. The molecule has 0 spiro atoms. The number of benzene rings is 1. The maximum Gasteiger partial charge on any atom is 0.341 e. The van der Waals surface area contributed by atoms with Crippen LogP contribution < -0.4 is 10.3 Å². The van der Waals surface area contributed by atoms with E-state index in [1.807, 2.05) is 4.90 Å². The van der Waals surface area contributed by atoms with Gasteiger partial charge in [0.05, 0.1) is 21.6 Å². The van der Waals surface area contributed by atoms with Gasteiger partial charge >= 0.3 is 5.97 Å². The predicted molar refractivity (Wildman–Crippen MR) is 105 cm³/mol. The lowest BCUT2D eigenvalue weighted by molar-refractivity contribution is 0.0695. The van der Waals surface area contributed by atoms with Crippen LogP contribution in [0.3, 0.4) is 0 Å². The second kappa shape index (κ2) is 6.19. The van der Waals surface area contributed by atoms with E-state index in [2.05, 4.69) is 11.9 Å². The van der Waals surface area contributed by atoms with Crippen molar-refractivity contribution in [3.63, 3.8) is 0 Å². The van der Waals surface area contributed by atoms with Gasteiger partial charge in [0.15, 0.2) is 0 Å². The van der Waals surface area contributed by atoms with E-state index in [-0.39, 0.29) is 22.0 Å². The van der Waals surface area contributed by atoms with E-state index in [9.17, 15) is 14.7 Å². The van der Waals surface area contributed by atoms with Crippen molar-refractivity contribution < 1.29 is 14.3 Å². The fourth-order valence-corrected chi connectivity index (χ4v) is 5.28. The molecule has 3 aliphatic rings. The molecule has 8 heteroatoms. The molecule has 1 aliphatic carbocycles. The van der Waals surface area contributed by atoms with Gasteiger partial charge in [-0.15, -0.1) is 0 Å². The van der Waals surface area contributed by atoms with E-state index in [1.165, 1.54) is 12.3 Å². The Hall–Kier alpha value is -2.12. The molecule has 2 aromatic rings. The summed E-state index contributed by atoms with van der Waals surface area (Å²) in [6.07, 6.45) is 4.22. The van der Waals surface area contributed by atoms with Crippen LogP contribution in [0.2, 0.25) is 5.02 Å². The molecular weight excluding hydrogens is 385 g/mol. The summed E-state index contributed by atoms with van der Waals surface area (Å²) in [7, 11) is 2.09. The van der Waals surface area contributed by atoms with E-state index >= 15 is 4.39 Å². The van der Waals surface area contributed by atoms with Crippen molar-refractivity contribution in [2.24, 2.45) is 5.92 Å². The average Bonchev–Trinajstić information content (AvgIpc) is 3.31. The van der Waals surface area contributed by atoms with Crippen LogP contribution in [0.25, 0.3) is 10.9 Å². The maximum absolute atomic E-state index is 15.1. The Kier molecular flexibility index (Phi) is 3.97. The molecule has 1 aromatic heterocycles. The fourth-order valence-electron chi connectivity index (χ4n) is 4.87. The van der Waals surface area contributed by atoms with Gasteiger partial charge in [0, 0.05) is 31.4 Å². The van der Waals surface area contributed by atoms with Crippen molar-refractivity contribution in [2.45, 2.75) is 31.3 Å². The van der Waals surface area contributed by atoms with Crippen molar-refractivity contribution in [3.8, 4) is 0 Å². The molecule has 28 heavy (non-hydrogen) atoms. The minimum absolute atomic E-state index is 0.0366. The van der Waals surface area contributed by atoms with Gasteiger partial charge in [-0.05, 0) is 44.8 Å². The van der Waals surface area contributed by atoms with Crippen molar-refractivity contribution in [1.29, 1.82) is 0 Å². The molecule has 2 saturated heterocycles. The molecular formula is C20H21ClFN3O3. The highest BCUT2D eigenvalue weighted by molar-refractivity contribution is 6.38. The topological polar surface area (TPSA) is 65.8 Å². The number of hydrogen-bond acceptors (Lipinski definition) is 4. The summed E-state index contributed by atoms with van der Waals surface area (Å²) in [6.45, 7) is 2.48. The highest BCUT2D eigenvalue weighted by Gasteiger charge is 2.41. The number of likely N-dealkylation sites (tertiary alicyclic amines) is 1. The maximum atomic E-state index is 15.1. The number of fused-ring (bicyclic) bond motifs is 2. The molecule has 148 valence electrons. The quantitative estimate of drug-likeness (QED) is 0.850. The highest BCUT2D eigenvalue weighted by Crippen LogP contribution is 2.44. The number of anilines is 1. The van der Waals surface area contributed by atoms with Gasteiger partial charge in [0.1, 0.15) is 11.4 Å². The van der Waals surface area contributed by atoms with Crippen molar-refractivity contribution in [1.82, 2.24) is 9.47 Å². The van der Waals surface area contributed by atoms with Gasteiger partial charge in [-0.2, -0.15) is 0 Å². The largest absolute Gasteiger partial charge is 0.477 e. The first-order valence-corrected chi connectivity index (χ1v) is 10.00. The number of carboxylic acids is 1. The Labute approximate surface area is 166 Å². The highest BCUT2D eigenvalue weighted by atomic mass is 35.5. The summed E-state index contributed by atoms with van der Waals surface area (Å²) in [4.78, 5) is 28.4. The van der Waals surface area contributed by atoms with Gasteiger partial charge in [-0.25, -0.2) is 9.18 Å². The predicted octanol–water partition coefficient (Wildman–Crippen LogP) is 2.97. The van der Waals surface area contributed by atoms with Crippen LogP contribution >= 0.6 is 11.6 Å². The van der Waals surface area contributed by atoms with Gasteiger partial charge in [-0.1, -0.05) is 11.6 Å². The van der Waals surface area contributed by atoms with E-state index in [4.69, 9.17) is 11.6 Å². The van der Waals surface area contributed by atoms with E-state index in [1.54, 1.807) is 4.57 Å². The zero-order chi connectivity index (χ0) is 19.7. The van der Waals surface area contributed by atoms with Crippen LogP contribution in [-0.2, 0) is 0 Å². The van der Waals surface area contributed by atoms with E-state index < -0.39 is 17.2 Å². The Balaban J connectivity index is 1.70. The van der Waals surface area contributed by atoms with Crippen LogP contribution in [0.5, 0.6) is 0 Å². The molecule has 1 saturated carbocycles. The molecule has 3 fully saturated rings. The Morgan fingerprint density at radius 2 is 2.04 bits per heavy atom. The average molecular weight is 406 g/mol. The van der Waals surface area contributed by atoms with Gasteiger partial charge in [0.2, 0.25) is 5.43 Å². The molecule has 0 bridgehead atoms. The molecule has 5 rings (SSSR count). The molecule has 1 aromatic carbocycles. The summed E-state index contributed by atoms with van der Waals surface area (Å²) in [5.74, 6) is -1.39. The number of hydrogen-bond donors (Lipinski definition) is 1. The van der Waals surface area contributed by atoms with Crippen molar-refractivity contribution >= 4 is 34.2 Å². The number of likely N-dealkylation sites (N-methyl/N-ethyl adjacent to an activating group) is 1. The number of carbonyl (C=O) groups is 1. The first kappa shape index (κ1) is 17.9. The summed E-state index contributed by atoms with van der Waals surface area (Å²) in [6, 6.07) is 1.65. The van der Waals surface area contributed by atoms with Crippen LogP contribution in [0.1, 0.15) is 35.7 Å². The molecule has 1 N–H and O–H groups in total. The molecule has 3 heterocycles. The summed E-state index contributed by atoms with van der Waals surface area (Å²) in [5.41, 5.74) is -0.264. The number of aromatic nitrogens is 1. The molecule has 2 atom stereocenters. The van der Waals surface area contributed by atoms with Crippen LogP contribution in [0.15, 0.2) is 17.1 Å². The van der Waals surface area contributed by atoms with Crippen LogP contribution in [0, 0.1) is 11.7 Å². The summed E-state index contributed by atoms with van der Waals surface area (Å²) < 4.78 is 16.9. The third kappa shape index (κ3) is 2.56. The minimum Gasteiger partial charge on any atom is -0.477 e. The van der Waals surface area contributed by atoms with E-state index in [0.717, 1.165) is 32.4 Å². The first-order chi connectivity index (χ1) is 13.4. The number of aromatic carboxylic acids is 1. The van der Waals surface area contributed by atoms with Crippen LogP contribution in [0.4, 0.5) is 10.1 Å². The number of carboxylic acid groups (broad SMARTS) is 1. The monoisotopic (exact) mass is 405 g/mol. The van der Waals surface area contributed by atoms with Crippen molar-refractivity contribution in [2.75, 3.05) is 31.6 Å². The number of pyridine rings is 1. The molecule has 0 radical (unpaired) electrons. The van der Waals surface area contributed by atoms with Gasteiger partial charge in [0.25, 0.3) is 0 Å². The fraction of sp³-hybridized carbons (Fsp3) is 0.500. The number of halogens is 2. The van der Waals surface area contributed by atoms with Gasteiger partial charge < -0.3 is 19.5 Å². The number of rotatable bonds is 3. The lowest BCUT2D eigenvalue weighted by Crippen LogP contribution is -2.32. The SMILES string of the molecule is CN1CCC2CN(c3c(F)cc4c(=O)c(C(=O)O)cn(C5CC5)c4c3Cl)CC21. The lowest BCUT2D eigenvalue weighted by Gasteiger charge is -2.25. The normalized spacial score (nSPS) is 24.9. The third-order valence-electron chi connectivity index (χ3n) is 6.50. The second-order valence-electron chi connectivity index (χ2n) is 8.23. The zero-order valence-corrected chi connectivity index (χ0v) is 16.2. The zero-order valence-electron chi connectivity index (χ0n) is 15.5. The molecule has 2 aliphatic heterocycles. The smallest absolute Gasteiger partial charge is 0.341 e. The van der Waals surface area contributed by atoms with Gasteiger partial charge in [-0.3, -0.25) is 4.79 Å². The summed E-state index contributed by atoms with van der Waals surface area (Å²) in [5, 5.41) is 9.62. The lowest BCUT2D eigenvalue weighted by atomic mass is 10.1. The van der Waals surface area contributed by atoms with Crippen LogP contribution in [-0.4, -0.2) is 53.3 Å². The summed E-state index contributed by atoms with van der Waals surface area (Å²) >= 11 is 6.70. The second-order valence-corrected chi connectivity index (χ2v) is 8.61. The Bertz CT molecular complexity index is 1070. The standard InChI is InChI=1S/C20H21ClFN3O3/c1-23-5-4-10-7-24(9-15(10)23)18-14(22)6-12-17(16(18)21)25(11-2-3-11)8-13(19(12)26)20(27)28/h6,8,10-11,15H,2-5,7,9H2,1H3,(H,27,28). The first-order valence-electron chi connectivity index (χ1n) is 9.62.